The van der Waals surface area contributed by atoms with Crippen LogP contribution < -0.4 is 0 Å². The second-order valence-corrected chi connectivity index (χ2v) is 9.95. The van der Waals surface area contributed by atoms with Gasteiger partial charge in [-0.3, -0.25) is 4.79 Å². The molecule has 1 saturated heterocycles. The number of rotatable bonds is 2. The molecule has 0 bridgehead atoms. The van der Waals surface area contributed by atoms with Crippen molar-refractivity contribution >= 4 is 14.0 Å². The van der Waals surface area contributed by atoms with E-state index in [2.05, 4.69) is 13.1 Å². The molecule has 1 heterocycles. The van der Waals surface area contributed by atoms with E-state index in [1.165, 1.54) is 17.7 Å². The van der Waals surface area contributed by atoms with Gasteiger partial charge in [-0.1, -0.05) is 36.8 Å². The van der Waals surface area contributed by atoms with E-state index in [0.717, 1.165) is 12.8 Å². The minimum Gasteiger partial charge on any atom is -0.481 e. The minimum atomic E-state index is -0.877. The second kappa shape index (κ2) is 4.09. The largest absolute Gasteiger partial charge is 0.481 e. The number of hydrogen-bond acceptors (Lipinski definition) is 1. The van der Waals surface area contributed by atoms with Gasteiger partial charge in [-0.2, -0.15) is 0 Å². The molecular formula is C10H18O2Si. The highest BCUT2D eigenvalue weighted by Crippen LogP contribution is 2.31. The number of carboxylic acids is 1. The molecule has 0 radical (unpaired) electrons. The number of carboxylic acid groups (broad SMARTS) is 1. The van der Waals surface area contributed by atoms with Crippen LogP contribution in [-0.2, 0) is 4.79 Å². The third kappa shape index (κ3) is 3.76. The summed E-state index contributed by atoms with van der Waals surface area (Å²) in [6, 6.07) is 2.66. The average molecular weight is 198 g/mol. The van der Waals surface area contributed by atoms with Crippen LogP contribution in [0, 0.1) is 0 Å². The van der Waals surface area contributed by atoms with Crippen LogP contribution in [0.5, 0.6) is 0 Å². The van der Waals surface area contributed by atoms with E-state index in [1.54, 1.807) is 0 Å². The van der Waals surface area contributed by atoms with E-state index in [0.29, 0.717) is 0 Å². The summed E-state index contributed by atoms with van der Waals surface area (Å²) < 4.78 is 0. The molecule has 0 aromatic heterocycles. The molecule has 1 aliphatic heterocycles. The zero-order valence-corrected chi connectivity index (χ0v) is 9.47. The van der Waals surface area contributed by atoms with E-state index in [-0.39, 0.29) is 6.42 Å². The third-order valence-corrected chi connectivity index (χ3v) is 6.02. The lowest BCUT2D eigenvalue weighted by Crippen LogP contribution is -2.28. The van der Waals surface area contributed by atoms with E-state index >= 15 is 0 Å². The monoisotopic (exact) mass is 198 g/mol. The Labute approximate surface area is 80.7 Å². The first-order valence-corrected chi connectivity index (χ1v) is 8.31. The number of aliphatic carboxylic acids is 1. The lowest BCUT2D eigenvalue weighted by atomic mass is 10.1. The first-order chi connectivity index (χ1) is 5.99. The third-order valence-electron chi connectivity index (χ3n) is 2.81. The standard InChI is InChI=1S/C10H18O2Si/c1-13(2)7-5-9(6-8-13)3-4-10(11)12/h3H,4-8H2,1-2H3,(H,11,12). The summed E-state index contributed by atoms with van der Waals surface area (Å²) in [4.78, 5) is 10.3. The summed E-state index contributed by atoms with van der Waals surface area (Å²) in [6.07, 6.45) is 4.41. The Morgan fingerprint density at radius 1 is 1.46 bits per heavy atom. The predicted molar refractivity (Wildman–Crippen MR) is 56.7 cm³/mol. The van der Waals surface area contributed by atoms with Gasteiger partial charge in [0.15, 0.2) is 0 Å². The second-order valence-electron chi connectivity index (χ2n) is 4.62. The van der Waals surface area contributed by atoms with Gasteiger partial charge in [-0.05, 0) is 12.8 Å². The molecule has 0 saturated carbocycles. The Kier molecular flexibility index (Phi) is 3.31. The molecule has 0 aromatic carbocycles. The van der Waals surface area contributed by atoms with E-state index in [9.17, 15) is 4.79 Å². The highest BCUT2D eigenvalue weighted by molar-refractivity contribution is 6.77. The summed E-state index contributed by atoms with van der Waals surface area (Å²) in [5.74, 6) is -0.713. The first kappa shape index (κ1) is 10.5. The molecule has 0 aromatic rings. The molecule has 0 spiro atoms. The Morgan fingerprint density at radius 2 is 2.00 bits per heavy atom. The van der Waals surface area contributed by atoms with Crippen LogP contribution in [-0.4, -0.2) is 19.1 Å². The van der Waals surface area contributed by atoms with Gasteiger partial charge in [0, 0.05) is 8.07 Å². The van der Waals surface area contributed by atoms with Crippen LogP contribution in [0.4, 0.5) is 0 Å². The van der Waals surface area contributed by atoms with Crippen molar-refractivity contribution in [2.75, 3.05) is 0 Å². The molecule has 2 nitrogen and oxygen atoms in total. The molecular weight excluding hydrogens is 180 g/mol. The normalized spacial score (nSPS) is 21.2. The number of allylic oxidation sites excluding steroid dienone is 1. The highest BCUT2D eigenvalue weighted by Gasteiger charge is 2.25. The summed E-state index contributed by atoms with van der Waals surface area (Å²) >= 11 is 0. The van der Waals surface area contributed by atoms with Crippen molar-refractivity contribution in [2.45, 2.75) is 44.4 Å². The average Bonchev–Trinajstić information content (AvgIpc) is 2.02. The Morgan fingerprint density at radius 3 is 2.46 bits per heavy atom. The molecule has 0 unspecified atom stereocenters. The number of carbonyl (C=O) groups is 1. The van der Waals surface area contributed by atoms with Crippen LogP contribution in [0.3, 0.4) is 0 Å². The van der Waals surface area contributed by atoms with Gasteiger partial charge in [-0.25, -0.2) is 0 Å². The minimum absolute atomic E-state index is 0.206. The van der Waals surface area contributed by atoms with E-state index in [4.69, 9.17) is 5.11 Å². The van der Waals surface area contributed by atoms with Gasteiger partial charge in [0.05, 0.1) is 6.42 Å². The van der Waals surface area contributed by atoms with Crippen LogP contribution in [0.2, 0.25) is 25.2 Å². The maximum Gasteiger partial charge on any atom is 0.307 e. The summed E-state index contributed by atoms with van der Waals surface area (Å²) in [5.41, 5.74) is 1.37. The quantitative estimate of drug-likeness (QED) is 0.547. The lowest BCUT2D eigenvalue weighted by Gasteiger charge is -2.28. The zero-order valence-electron chi connectivity index (χ0n) is 8.47. The van der Waals surface area contributed by atoms with Crippen molar-refractivity contribution in [3.05, 3.63) is 11.6 Å². The molecule has 1 fully saturated rings. The summed E-state index contributed by atoms with van der Waals surface area (Å²) in [7, 11) is -0.877. The molecule has 74 valence electrons. The van der Waals surface area contributed by atoms with Gasteiger partial charge in [0.1, 0.15) is 0 Å². The Hall–Kier alpha value is -0.573. The van der Waals surface area contributed by atoms with Gasteiger partial charge in [-0.15, -0.1) is 0 Å². The van der Waals surface area contributed by atoms with Gasteiger partial charge in [0.25, 0.3) is 0 Å². The maximum atomic E-state index is 10.3. The van der Waals surface area contributed by atoms with Gasteiger partial charge in [0.2, 0.25) is 0 Å². The van der Waals surface area contributed by atoms with E-state index in [1.807, 2.05) is 6.08 Å². The molecule has 1 aliphatic rings. The van der Waals surface area contributed by atoms with Crippen LogP contribution in [0.25, 0.3) is 0 Å². The van der Waals surface area contributed by atoms with Crippen LogP contribution in [0.15, 0.2) is 11.6 Å². The molecule has 0 aliphatic carbocycles. The highest BCUT2D eigenvalue weighted by atomic mass is 28.3. The molecule has 1 N–H and O–H groups in total. The topological polar surface area (TPSA) is 37.3 Å². The summed E-state index contributed by atoms with van der Waals surface area (Å²) in [6.45, 7) is 4.84. The molecule has 13 heavy (non-hydrogen) atoms. The smallest absolute Gasteiger partial charge is 0.307 e. The fourth-order valence-electron chi connectivity index (χ4n) is 1.68. The van der Waals surface area contributed by atoms with Crippen molar-refractivity contribution < 1.29 is 9.90 Å². The van der Waals surface area contributed by atoms with Crippen molar-refractivity contribution in [1.29, 1.82) is 0 Å². The van der Waals surface area contributed by atoms with Gasteiger partial charge < -0.3 is 5.11 Å². The van der Waals surface area contributed by atoms with Crippen molar-refractivity contribution in [3.8, 4) is 0 Å². The first-order valence-electron chi connectivity index (χ1n) is 4.89. The molecule has 1 rings (SSSR count). The fourth-order valence-corrected chi connectivity index (χ4v) is 3.93. The Balaban J connectivity index is 2.40. The summed E-state index contributed by atoms with van der Waals surface area (Å²) in [5, 5.41) is 8.51. The van der Waals surface area contributed by atoms with Crippen LogP contribution in [0.1, 0.15) is 19.3 Å². The van der Waals surface area contributed by atoms with Crippen LogP contribution >= 0.6 is 0 Å². The SMILES string of the molecule is C[Si]1(C)CCC(=CCC(=O)O)CC1. The number of hydrogen-bond donors (Lipinski definition) is 1. The maximum absolute atomic E-state index is 10.3. The lowest BCUT2D eigenvalue weighted by molar-refractivity contribution is -0.136. The van der Waals surface area contributed by atoms with Crippen molar-refractivity contribution in [1.82, 2.24) is 0 Å². The zero-order chi connectivity index (χ0) is 9.90. The molecule has 0 atom stereocenters. The molecule has 0 amide bonds. The molecule has 3 heteroatoms. The van der Waals surface area contributed by atoms with Crippen molar-refractivity contribution in [2.24, 2.45) is 0 Å². The van der Waals surface area contributed by atoms with E-state index < -0.39 is 14.0 Å². The fraction of sp³-hybridized carbons (Fsp3) is 0.700. The van der Waals surface area contributed by atoms with Crippen molar-refractivity contribution in [3.63, 3.8) is 0 Å². The predicted octanol–water partition coefficient (Wildman–Crippen LogP) is 2.89. The Bertz CT molecular complexity index is 219. The van der Waals surface area contributed by atoms with Gasteiger partial charge >= 0.3 is 5.97 Å².